The third-order valence-corrected chi connectivity index (χ3v) is 2.44. The fourth-order valence-corrected chi connectivity index (χ4v) is 1.57. The van der Waals surface area contributed by atoms with Gasteiger partial charge in [-0.15, -0.1) is 0 Å². The summed E-state index contributed by atoms with van der Waals surface area (Å²) in [4.78, 5) is 0. The van der Waals surface area contributed by atoms with Crippen molar-refractivity contribution in [2.75, 3.05) is 26.3 Å². The molecule has 0 spiro atoms. The van der Waals surface area contributed by atoms with Crippen LogP contribution < -0.4 is 11.1 Å². The van der Waals surface area contributed by atoms with E-state index in [2.05, 4.69) is 5.32 Å². The van der Waals surface area contributed by atoms with E-state index in [4.69, 9.17) is 15.2 Å². The molecule has 0 aromatic rings. The molecule has 0 aromatic carbocycles. The largest absolute Gasteiger partial charge is 0.376 e. The van der Waals surface area contributed by atoms with Gasteiger partial charge in [0, 0.05) is 12.6 Å². The Morgan fingerprint density at radius 3 is 2.83 bits per heavy atom. The maximum absolute atomic E-state index is 5.88. The van der Waals surface area contributed by atoms with E-state index in [1.807, 2.05) is 0 Å². The van der Waals surface area contributed by atoms with E-state index in [9.17, 15) is 0 Å². The van der Waals surface area contributed by atoms with Crippen LogP contribution in [0.2, 0.25) is 0 Å². The van der Waals surface area contributed by atoms with Gasteiger partial charge in [0.1, 0.15) is 6.10 Å². The van der Waals surface area contributed by atoms with Crippen LogP contribution in [-0.4, -0.2) is 44.6 Å². The van der Waals surface area contributed by atoms with Crippen LogP contribution >= 0.6 is 0 Å². The zero-order valence-electron chi connectivity index (χ0n) is 7.16. The molecule has 0 radical (unpaired) electrons. The number of hydrogen-bond acceptors (Lipinski definition) is 4. The topological polar surface area (TPSA) is 56.5 Å². The molecule has 2 saturated heterocycles. The quantitative estimate of drug-likeness (QED) is 0.566. The SMILES string of the molecule is NC1CNCCC1OC1COC1. The Balaban J connectivity index is 1.76. The second-order valence-corrected chi connectivity index (χ2v) is 3.49. The van der Waals surface area contributed by atoms with E-state index >= 15 is 0 Å². The lowest BCUT2D eigenvalue weighted by Gasteiger charge is -2.35. The number of nitrogens with two attached hydrogens (primary N) is 1. The highest BCUT2D eigenvalue weighted by molar-refractivity contribution is 4.83. The summed E-state index contributed by atoms with van der Waals surface area (Å²) in [6.45, 7) is 3.39. The van der Waals surface area contributed by atoms with Crippen molar-refractivity contribution in [1.82, 2.24) is 5.32 Å². The molecule has 2 aliphatic rings. The van der Waals surface area contributed by atoms with Gasteiger partial charge < -0.3 is 20.5 Å². The monoisotopic (exact) mass is 172 g/mol. The van der Waals surface area contributed by atoms with Gasteiger partial charge in [0.05, 0.1) is 19.3 Å². The molecule has 2 fully saturated rings. The van der Waals surface area contributed by atoms with Crippen LogP contribution in [0.1, 0.15) is 6.42 Å². The number of rotatable bonds is 2. The van der Waals surface area contributed by atoms with Gasteiger partial charge in [-0.3, -0.25) is 0 Å². The first-order chi connectivity index (χ1) is 5.86. The number of hydrogen-bond donors (Lipinski definition) is 2. The normalized spacial score (nSPS) is 37.8. The summed E-state index contributed by atoms with van der Waals surface area (Å²) in [6, 6.07) is 0.152. The Hall–Kier alpha value is -0.160. The van der Waals surface area contributed by atoms with E-state index in [1.165, 1.54) is 0 Å². The lowest BCUT2D eigenvalue weighted by atomic mass is 10.0. The third-order valence-electron chi connectivity index (χ3n) is 2.44. The molecule has 2 heterocycles. The lowest BCUT2D eigenvalue weighted by Crippen LogP contribution is -2.53. The van der Waals surface area contributed by atoms with Crippen molar-refractivity contribution in [2.24, 2.45) is 5.73 Å². The smallest absolute Gasteiger partial charge is 0.105 e. The Morgan fingerprint density at radius 2 is 2.25 bits per heavy atom. The molecule has 0 amide bonds. The Morgan fingerprint density at radius 1 is 1.42 bits per heavy atom. The van der Waals surface area contributed by atoms with Crippen LogP contribution in [0.5, 0.6) is 0 Å². The first-order valence-corrected chi connectivity index (χ1v) is 4.56. The summed E-state index contributed by atoms with van der Waals surface area (Å²) in [6.07, 6.45) is 1.57. The van der Waals surface area contributed by atoms with Gasteiger partial charge in [0.2, 0.25) is 0 Å². The van der Waals surface area contributed by atoms with Gasteiger partial charge in [-0.1, -0.05) is 0 Å². The van der Waals surface area contributed by atoms with Gasteiger partial charge in [-0.2, -0.15) is 0 Å². The number of piperidine rings is 1. The molecular weight excluding hydrogens is 156 g/mol. The average molecular weight is 172 g/mol. The predicted octanol–water partition coefficient (Wildman–Crippen LogP) is -0.909. The van der Waals surface area contributed by atoms with Crippen molar-refractivity contribution < 1.29 is 9.47 Å². The zero-order chi connectivity index (χ0) is 8.39. The summed E-state index contributed by atoms with van der Waals surface area (Å²) in [5.74, 6) is 0. The van der Waals surface area contributed by atoms with Crippen LogP contribution in [-0.2, 0) is 9.47 Å². The Kier molecular flexibility index (Phi) is 2.60. The van der Waals surface area contributed by atoms with Crippen molar-refractivity contribution >= 4 is 0 Å². The lowest BCUT2D eigenvalue weighted by molar-refractivity contribution is -0.161. The van der Waals surface area contributed by atoms with Gasteiger partial charge in [0.15, 0.2) is 0 Å². The minimum absolute atomic E-state index is 0.152. The second-order valence-electron chi connectivity index (χ2n) is 3.49. The average Bonchev–Trinajstić information content (AvgIpc) is 2.00. The molecule has 0 bridgehead atoms. The molecule has 70 valence electrons. The minimum Gasteiger partial charge on any atom is -0.376 e. The third kappa shape index (κ3) is 1.77. The predicted molar refractivity (Wildman–Crippen MR) is 44.9 cm³/mol. The van der Waals surface area contributed by atoms with Crippen molar-refractivity contribution in [3.63, 3.8) is 0 Å². The van der Waals surface area contributed by atoms with E-state index in [0.29, 0.717) is 6.10 Å². The molecule has 4 heteroatoms. The molecule has 0 saturated carbocycles. The standard InChI is InChI=1S/C8H16N2O2/c9-7-3-10-2-1-8(7)12-6-4-11-5-6/h6-8,10H,1-5,9H2. The van der Waals surface area contributed by atoms with E-state index < -0.39 is 0 Å². The highest BCUT2D eigenvalue weighted by Crippen LogP contribution is 2.14. The molecule has 0 aromatic heterocycles. The van der Waals surface area contributed by atoms with Crippen molar-refractivity contribution in [3.8, 4) is 0 Å². The van der Waals surface area contributed by atoms with Gasteiger partial charge in [-0.05, 0) is 13.0 Å². The van der Waals surface area contributed by atoms with E-state index in [0.717, 1.165) is 32.7 Å². The summed E-state index contributed by atoms with van der Waals surface area (Å²) in [5, 5.41) is 3.24. The summed E-state index contributed by atoms with van der Waals surface area (Å²) in [5.41, 5.74) is 5.88. The molecule has 0 aliphatic carbocycles. The van der Waals surface area contributed by atoms with Crippen molar-refractivity contribution in [3.05, 3.63) is 0 Å². The molecule has 2 aliphatic heterocycles. The van der Waals surface area contributed by atoms with E-state index in [1.54, 1.807) is 0 Å². The molecule has 2 rings (SSSR count). The van der Waals surface area contributed by atoms with Gasteiger partial charge in [0.25, 0.3) is 0 Å². The summed E-state index contributed by atoms with van der Waals surface area (Å²) < 4.78 is 10.8. The van der Waals surface area contributed by atoms with Crippen LogP contribution in [0.25, 0.3) is 0 Å². The molecular formula is C8H16N2O2. The highest BCUT2D eigenvalue weighted by atomic mass is 16.6. The maximum Gasteiger partial charge on any atom is 0.105 e. The molecule has 2 unspecified atom stereocenters. The van der Waals surface area contributed by atoms with Crippen LogP contribution in [0.4, 0.5) is 0 Å². The first kappa shape index (κ1) is 8.44. The number of ether oxygens (including phenoxy) is 2. The van der Waals surface area contributed by atoms with Crippen LogP contribution in [0, 0.1) is 0 Å². The van der Waals surface area contributed by atoms with Gasteiger partial charge in [-0.25, -0.2) is 0 Å². The molecule has 2 atom stereocenters. The highest BCUT2D eigenvalue weighted by Gasteiger charge is 2.28. The zero-order valence-corrected chi connectivity index (χ0v) is 7.16. The maximum atomic E-state index is 5.88. The van der Waals surface area contributed by atoms with Crippen molar-refractivity contribution in [1.29, 1.82) is 0 Å². The van der Waals surface area contributed by atoms with Crippen molar-refractivity contribution in [2.45, 2.75) is 24.7 Å². The fourth-order valence-electron chi connectivity index (χ4n) is 1.57. The van der Waals surface area contributed by atoms with Crippen LogP contribution in [0.15, 0.2) is 0 Å². The summed E-state index contributed by atoms with van der Waals surface area (Å²) >= 11 is 0. The molecule has 12 heavy (non-hydrogen) atoms. The van der Waals surface area contributed by atoms with E-state index in [-0.39, 0.29) is 12.1 Å². The number of nitrogens with one attached hydrogen (secondary N) is 1. The Labute approximate surface area is 72.4 Å². The summed E-state index contributed by atoms with van der Waals surface area (Å²) in [7, 11) is 0. The second kappa shape index (κ2) is 3.70. The van der Waals surface area contributed by atoms with Gasteiger partial charge >= 0.3 is 0 Å². The minimum atomic E-state index is 0.152. The molecule has 3 N–H and O–H groups in total. The first-order valence-electron chi connectivity index (χ1n) is 4.56. The van der Waals surface area contributed by atoms with Crippen LogP contribution in [0.3, 0.4) is 0 Å². The Bertz CT molecular complexity index is 150. The molecule has 4 nitrogen and oxygen atoms in total. The fraction of sp³-hybridized carbons (Fsp3) is 1.00.